The Morgan fingerprint density at radius 2 is 1.28 bits per heavy atom. The van der Waals surface area contributed by atoms with Crippen LogP contribution in [0.25, 0.3) is 0 Å². The van der Waals surface area contributed by atoms with Crippen molar-refractivity contribution in [2.24, 2.45) is 5.41 Å². The van der Waals surface area contributed by atoms with Crippen molar-refractivity contribution in [2.45, 2.75) is 13.8 Å². The van der Waals surface area contributed by atoms with Crippen molar-refractivity contribution in [3.63, 3.8) is 0 Å². The molecular formula is C14H22O4. The lowest BCUT2D eigenvalue weighted by molar-refractivity contribution is -0.131. The number of rotatable bonds is 3. The lowest BCUT2D eigenvalue weighted by Gasteiger charge is -2.16. The molecule has 0 amide bonds. The monoisotopic (exact) mass is 254 g/mol. The lowest BCUT2D eigenvalue weighted by Crippen LogP contribution is -2.20. The van der Waals surface area contributed by atoms with Crippen LogP contribution in [0.2, 0.25) is 0 Å². The number of hydrogen-bond donors (Lipinski definition) is 3. The number of aliphatic hydroxyl groups is 2. The molecule has 18 heavy (non-hydrogen) atoms. The molecule has 0 heterocycles. The number of carboxylic acid groups (broad SMARTS) is 1. The quantitative estimate of drug-likeness (QED) is 0.720. The van der Waals surface area contributed by atoms with Gasteiger partial charge in [0.05, 0.1) is 13.2 Å². The molecule has 0 aliphatic rings. The maximum Gasteiger partial charge on any atom is 0.327 e. The van der Waals surface area contributed by atoms with Gasteiger partial charge in [0.25, 0.3) is 0 Å². The van der Waals surface area contributed by atoms with Crippen molar-refractivity contribution in [3.8, 4) is 0 Å². The number of carboxylic acids is 1. The highest BCUT2D eigenvalue weighted by molar-refractivity contribution is 5.78. The highest BCUT2D eigenvalue weighted by Gasteiger charge is 2.13. The van der Waals surface area contributed by atoms with E-state index in [1.807, 2.05) is 36.4 Å². The Labute approximate surface area is 108 Å². The molecule has 4 heteroatoms. The highest BCUT2D eigenvalue weighted by Crippen LogP contribution is 2.10. The van der Waals surface area contributed by atoms with Crippen LogP contribution in [0.15, 0.2) is 49.1 Å². The van der Waals surface area contributed by atoms with Gasteiger partial charge < -0.3 is 15.3 Å². The van der Waals surface area contributed by atoms with E-state index in [0.29, 0.717) is 0 Å². The van der Waals surface area contributed by atoms with Gasteiger partial charge in [-0.2, -0.15) is 0 Å². The Balaban J connectivity index is 0. The van der Waals surface area contributed by atoms with Crippen LogP contribution in [0.4, 0.5) is 0 Å². The Kier molecular flexibility index (Phi) is 12.3. The second kappa shape index (κ2) is 11.8. The summed E-state index contributed by atoms with van der Waals surface area (Å²) in [5.74, 6) is -0.981. The molecule has 0 saturated heterocycles. The zero-order valence-electron chi connectivity index (χ0n) is 10.9. The minimum absolute atomic E-state index is 0.0451. The molecule has 4 nitrogen and oxygen atoms in total. The van der Waals surface area contributed by atoms with Crippen LogP contribution in [0, 0.1) is 5.41 Å². The molecule has 0 unspecified atom stereocenters. The van der Waals surface area contributed by atoms with Gasteiger partial charge in [-0.15, -0.1) is 0 Å². The largest absolute Gasteiger partial charge is 0.478 e. The molecule has 0 radical (unpaired) electrons. The predicted octanol–water partition coefficient (Wildman–Crippen LogP) is 1.94. The SMILES string of the molecule is C=CC(=O)O.CC(C)(CO)CO.c1ccccc1. The van der Waals surface area contributed by atoms with E-state index in [0.717, 1.165) is 6.08 Å². The number of carbonyl (C=O) groups is 1. The highest BCUT2D eigenvalue weighted by atomic mass is 16.4. The molecule has 102 valence electrons. The molecule has 0 aliphatic heterocycles. The van der Waals surface area contributed by atoms with Crippen LogP contribution in [0.1, 0.15) is 13.8 Å². The topological polar surface area (TPSA) is 77.8 Å². The van der Waals surface area contributed by atoms with E-state index in [4.69, 9.17) is 15.3 Å². The van der Waals surface area contributed by atoms with Crippen LogP contribution in [-0.4, -0.2) is 34.5 Å². The minimum atomic E-state index is -0.981. The van der Waals surface area contributed by atoms with Gasteiger partial charge in [-0.1, -0.05) is 56.8 Å². The molecule has 0 spiro atoms. The Morgan fingerprint density at radius 3 is 1.33 bits per heavy atom. The maximum absolute atomic E-state index is 9.25. The second-order valence-corrected chi connectivity index (χ2v) is 4.18. The van der Waals surface area contributed by atoms with Gasteiger partial charge in [0.2, 0.25) is 0 Å². The Bertz CT molecular complexity index is 274. The molecule has 1 aromatic rings. The standard InChI is InChI=1S/C6H6.C5H12O2.C3H4O2/c1-2-4-6-5-3-1;1-5(2,3-6)4-7;1-2-3(4)5/h1-6H;6-7H,3-4H2,1-2H3;2H,1H2,(H,4,5). The molecule has 3 N–H and O–H groups in total. The van der Waals surface area contributed by atoms with Crippen LogP contribution in [0.3, 0.4) is 0 Å². The van der Waals surface area contributed by atoms with Crippen molar-refractivity contribution >= 4 is 5.97 Å². The Hall–Kier alpha value is -1.65. The van der Waals surface area contributed by atoms with Crippen LogP contribution >= 0.6 is 0 Å². The average Bonchev–Trinajstić information content (AvgIpc) is 2.42. The van der Waals surface area contributed by atoms with Crippen LogP contribution in [0.5, 0.6) is 0 Å². The average molecular weight is 254 g/mol. The number of benzene rings is 1. The summed E-state index contributed by atoms with van der Waals surface area (Å²) in [7, 11) is 0. The maximum atomic E-state index is 9.25. The van der Waals surface area contributed by atoms with Gasteiger partial charge in [-0.25, -0.2) is 4.79 Å². The fourth-order valence-corrected chi connectivity index (χ4v) is 0.435. The summed E-state index contributed by atoms with van der Waals surface area (Å²) in [6.07, 6.45) is 0.833. The summed E-state index contributed by atoms with van der Waals surface area (Å²) >= 11 is 0. The third kappa shape index (κ3) is 16.8. The summed E-state index contributed by atoms with van der Waals surface area (Å²) in [6, 6.07) is 12.0. The number of aliphatic hydroxyl groups excluding tert-OH is 2. The number of hydrogen-bond acceptors (Lipinski definition) is 3. The fraction of sp³-hybridized carbons (Fsp3) is 0.357. The third-order valence-electron chi connectivity index (χ3n) is 1.70. The van der Waals surface area contributed by atoms with Crippen molar-refractivity contribution in [3.05, 3.63) is 49.1 Å². The van der Waals surface area contributed by atoms with Gasteiger partial charge in [0.1, 0.15) is 0 Å². The molecular weight excluding hydrogens is 232 g/mol. The summed E-state index contributed by atoms with van der Waals surface area (Å²) in [6.45, 7) is 6.65. The van der Waals surface area contributed by atoms with Gasteiger partial charge >= 0.3 is 5.97 Å². The molecule has 0 atom stereocenters. The van der Waals surface area contributed by atoms with E-state index in [2.05, 4.69) is 6.58 Å². The summed E-state index contributed by atoms with van der Waals surface area (Å²) in [5.41, 5.74) is -0.306. The first-order chi connectivity index (χ1) is 8.39. The first-order valence-corrected chi connectivity index (χ1v) is 5.46. The summed E-state index contributed by atoms with van der Waals surface area (Å²) in [4.78, 5) is 9.25. The van der Waals surface area contributed by atoms with Crippen molar-refractivity contribution in [1.82, 2.24) is 0 Å². The van der Waals surface area contributed by atoms with E-state index in [-0.39, 0.29) is 18.6 Å². The molecule has 0 fully saturated rings. The van der Waals surface area contributed by atoms with E-state index >= 15 is 0 Å². The summed E-state index contributed by atoms with van der Waals surface area (Å²) in [5, 5.41) is 24.5. The van der Waals surface area contributed by atoms with E-state index in [1.165, 1.54) is 0 Å². The van der Waals surface area contributed by atoms with Crippen molar-refractivity contribution < 1.29 is 20.1 Å². The van der Waals surface area contributed by atoms with Gasteiger partial charge in [0, 0.05) is 11.5 Å². The van der Waals surface area contributed by atoms with E-state index in [1.54, 1.807) is 13.8 Å². The van der Waals surface area contributed by atoms with Crippen LogP contribution in [-0.2, 0) is 4.79 Å². The van der Waals surface area contributed by atoms with Gasteiger partial charge in [-0.05, 0) is 0 Å². The van der Waals surface area contributed by atoms with Gasteiger partial charge in [0.15, 0.2) is 0 Å². The van der Waals surface area contributed by atoms with Crippen LogP contribution < -0.4 is 0 Å². The molecule has 0 aromatic heterocycles. The molecule has 0 bridgehead atoms. The normalized spacial score (nSPS) is 9.11. The molecule has 0 aliphatic carbocycles. The van der Waals surface area contributed by atoms with Crippen molar-refractivity contribution in [2.75, 3.05) is 13.2 Å². The zero-order chi connectivity index (χ0) is 14.4. The number of aliphatic carboxylic acids is 1. The fourth-order valence-electron chi connectivity index (χ4n) is 0.435. The lowest BCUT2D eigenvalue weighted by atomic mass is 9.97. The van der Waals surface area contributed by atoms with Gasteiger partial charge in [-0.3, -0.25) is 0 Å². The third-order valence-corrected chi connectivity index (χ3v) is 1.70. The zero-order valence-corrected chi connectivity index (χ0v) is 10.9. The molecule has 0 saturated carbocycles. The van der Waals surface area contributed by atoms with E-state index < -0.39 is 5.97 Å². The molecule has 1 aromatic carbocycles. The summed E-state index contributed by atoms with van der Waals surface area (Å²) < 4.78 is 0. The second-order valence-electron chi connectivity index (χ2n) is 4.18. The van der Waals surface area contributed by atoms with E-state index in [9.17, 15) is 4.79 Å². The Morgan fingerprint density at radius 1 is 1.06 bits per heavy atom. The first-order valence-electron chi connectivity index (χ1n) is 5.46. The molecule has 1 rings (SSSR count). The minimum Gasteiger partial charge on any atom is -0.478 e. The van der Waals surface area contributed by atoms with Crippen molar-refractivity contribution in [1.29, 1.82) is 0 Å². The smallest absolute Gasteiger partial charge is 0.327 e. The predicted molar refractivity (Wildman–Crippen MR) is 72.2 cm³/mol. The first kappa shape index (κ1) is 18.7.